The maximum Gasteiger partial charge on any atom is 0.494 e. The molecule has 10 nitrogen and oxygen atoms in total. The van der Waals surface area contributed by atoms with Crippen molar-refractivity contribution in [3.05, 3.63) is 289 Å². The van der Waals surface area contributed by atoms with Gasteiger partial charge in [0.05, 0.1) is 37.8 Å². The van der Waals surface area contributed by atoms with Crippen LogP contribution in [0.3, 0.4) is 0 Å². The maximum absolute atomic E-state index is 6.13. The van der Waals surface area contributed by atoms with Crippen molar-refractivity contribution in [2.75, 3.05) is 38.1 Å². The van der Waals surface area contributed by atoms with E-state index in [0.717, 1.165) is 97.0 Å². The minimum absolute atomic E-state index is 0. The molecule has 2 fully saturated rings. The molecule has 17 rings (SSSR count). The largest absolute Gasteiger partial charge is 0.494 e. The number of aryl methyl sites for hydroxylation is 1. The Balaban J connectivity index is 0.000000166. The smallest absolute Gasteiger partial charge is 0.489 e. The second-order valence-corrected chi connectivity index (χ2v) is 39.9. The lowest BCUT2D eigenvalue weighted by Gasteiger charge is -2.33. The third kappa shape index (κ3) is 26.2. The summed E-state index contributed by atoms with van der Waals surface area (Å²) < 4.78 is 56.7. The Kier molecular flexibility index (Phi) is 40.4. The molecule has 7 aliphatic rings. The van der Waals surface area contributed by atoms with Crippen molar-refractivity contribution in [3.63, 3.8) is 0 Å². The van der Waals surface area contributed by atoms with Crippen LogP contribution < -0.4 is 30.0 Å². The summed E-state index contributed by atoms with van der Waals surface area (Å²) in [6, 6.07) is 70.9. The van der Waals surface area contributed by atoms with Gasteiger partial charge in [0.15, 0.2) is 17.7 Å². The number of anilines is 3. The van der Waals surface area contributed by atoms with Crippen molar-refractivity contribution in [2.45, 2.75) is 261 Å². The molecular weight excluding hydrogens is 1980 g/mol. The zero-order valence-corrected chi connectivity index (χ0v) is 83.1. The van der Waals surface area contributed by atoms with Crippen molar-refractivity contribution >= 4 is 150 Å². The second-order valence-electron chi connectivity index (χ2n) is 34.4. The Labute approximate surface area is 818 Å². The third-order valence-electron chi connectivity index (χ3n) is 25.3. The number of hydrogen-bond acceptors (Lipinski definition) is 9. The molecule has 10 aromatic rings. The quantitative estimate of drug-likeness (QED) is 0.0214. The Bertz CT molecular complexity index is 5030. The number of nitrogens with zero attached hydrogens (tertiary/aromatic N) is 2. The number of benzene rings is 10. The summed E-state index contributed by atoms with van der Waals surface area (Å²) in [6.45, 7) is 15.4. The topological polar surface area (TPSA) is 80.1 Å². The first-order valence-electron chi connectivity index (χ1n) is 46.2. The fourth-order valence-corrected chi connectivity index (χ4v) is 20.7. The van der Waals surface area contributed by atoms with Crippen LogP contribution in [0.4, 0.5) is 17.1 Å². The van der Waals surface area contributed by atoms with Gasteiger partial charge < -0.3 is 42.5 Å². The molecule has 0 amide bonds. The van der Waals surface area contributed by atoms with Crippen molar-refractivity contribution in [2.24, 2.45) is 0 Å². The number of halogens is 6. The molecule has 5 heterocycles. The molecule has 0 N–H and O–H groups in total. The van der Waals surface area contributed by atoms with Gasteiger partial charge in [0.25, 0.3) is 12.4 Å². The van der Waals surface area contributed by atoms with Gasteiger partial charge in [-0.2, -0.15) is 4.58 Å². The van der Waals surface area contributed by atoms with E-state index in [4.69, 9.17) is 37.6 Å². The van der Waals surface area contributed by atoms with Crippen molar-refractivity contribution in [1.82, 2.24) is 0 Å². The Hall–Kier alpha value is -6.80. The van der Waals surface area contributed by atoms with Gasteiger partial charge in [-0.05, 0) is 208 Å². The van der Waals surface area contributed by atoms with Crippen LogP contribution >= 0.6 is 95.6 Å². The van der Waals surface area contributed by atoms with E-state index in [0.29, 0.717) is 46.4 Å². The Morgan fingerprint density at radius 2 is 0.727 bits per heavy atom. The highest BCUT2D eigenvalue weighted by atomic mass is 79.9. The average molecular weight is 2110 g/mol. The molecule has 2 saturated heterocycles. The SMILES string of the molecule is Brc1ccc(COc2cc(OCc3ccc(Br)cc3)cc(C3=C4C=CC=[N+]4CO3)c2)cc1.C.C.C.CCCCCCCCC1(CCCCCCCC)c2cc(B3OCCO3)ccc2-c2ccc(B3OCCO3)cc21.CCCCCCCCC1(CCCCCCCC)c2cc(Br)ccc2-c2ccc(Br)cc21.Cc1ccc(N2c3ccc(Br)cc3Oc3cc(Br)ccc32)cc1. The molecular formula is C110H133B2Br6N2O8+. The summed E-state index contributed by atoms with van der Waals surface area (Å²) in [4.78, 5) is 2.23. The van der Waals surface area contributed by atoms with Crippen LogP contribution in [0.5, 0.6) is 23.0 Å². The number of unbranched alkanes of at least 4 members (excludes halogenated alkanes) is 20. The lowest BCUT2D eigenvalue weighted by Crippen LogP contribution is -2.35. The molecule has 0 atom stereocenters. The monoisotopic (exact) mass is 2110 g/mol. The normalized spacial score (nSPS) is 14.6. The van der Waals surface area contributed by atoms with Gasteiger partial charge in [-0.25, -0.2) is 0 Å². The van der Waals surface area contributed by atoms with Crippen LogP contribution in [0.1, 0.15) is 274 Å². The van der Waals surface area contributed by atoms with Crippen LogP contribution in [0.15, 0.2) is 245 Å². The highest BCUT2D eigenvalue weighted by molar-refractivity contribution is 9.11. The third-order valence-corrected chi connectivity index (χ3v) is 28.4. The standard InChI is InChI=1S/C33H48B2O4.C29H40Br2.C26H20Br2NO3.C19H13Br2NO.3CH4/c1-3-5-7-9-11-13-19-33(20-14-12-10-8-6-4-2)31-25-27(34-36-21-22-37-34)15-17-29(31)30-18-16-28(26-32(30)33)35-38-23-24-39-35;1-3-5-7-9-11-13-19-29(20-14-12-10-8-6-4-2)27-21-23(30)15-17-25(27)26-18-16-24(31)22-28(26)29;27-21-7-3-18(4-8-21)15-30-23-12-20(26-25-2-1-11-29(25)17-32-26)13-24(14-23)31-16-19-5-9-22(28)10-6-19;1-12-2-6-15(7-3-12)22-16-8-4-13(20)10-18(16)23-19-11-14(21)5-9-17(19)22;;;/h15-18,25-26H,3-14,19-24H2,1-2H3;15-18,21-22H,3-14,19-20H2,1-2H3;1-14H,15-17H2;2-11H,1H3;3*1H4/q;;+1;;;;. The van der Waals surface area contributed by atoms with E-state index >= 15 is 0 Å². The van der Waals surface area contributed by atoms with Crippen LogP contribution in [-0.2, 0) is 47.4 Å². The first kappa shape index (κ1) is 102. The number of ether oxygens (including phenoxy) is 4. The van der Waals surface area contributed by atoms with Crippen LogP contribution in [0, 0.1) is 6.92 Å². The van der Waals surface area contributed by atoms with E-state index in [2.05, 4.69) is 255 Å². The highest BCUT2D eigenvalue weighted by Crippen LogP contribution is 2.58. The summed E-state index contributed by atoms with van der Waals surface area (Å²) in [5, 5.41) is 0. The van der Waals surface area contributed by atoms with Gasteiger partial charge in [0.1, 0.15) is 24.7 Å². The second kappa shape index (κ2) is 50.9. The summed E-state index contributed by atoms with van der Waals surface area (Å²) in [5.41, 5.74) is 22.9. The van der Waals surface area contributed by atoms with Crippen molar-refractivity contribution < 1.29 is 42.1 Å². The molecule has 0 unspecified atom stereocenters. The number of allylic oxidation sites excluding steroid dienone is 2. The predicted molar refractivity (Wildman–Crippen MR) is 561 cm³/mol. The number of fused-ring (bicyclic) bond motifs is 9. The first-order valence-corrected chi connectivity index (χ1v) is 51.0. The van der Waals surface area contributed by atoms with Crippen LogP contribution in [0.2, 0.25) is 0 Å². The van der Waals surface area contributed by atoms with Gasteiger partial charge in [0, 0.05) is 67.1 Å². The Morgan fingerprint density at radius 1 is 0.375 bits per heavy atom. The summed E-state index contributed by atoms with van der Waals surface area (Å²) >= 11 is 21.6. The maximum atomic E-state index is 6.13. The fourth-order valence-electron chi connectivity index (χ4n) is 18.8. The number of hydrogen-bond donors (Lipinski definition) is 0. The molecule has 678 valence electrons. The van der Waals surface area contributed by atoms with E-state index < -0.39 is 0 Å². The van der Waals surface area contributed by atoms with Crippen LogP contribution in [0.25, 0.3) is 28.0 Å². The highest BCUT2D eigenvalue weighted by Gasteiger charge is 2.46. The van der Waals surface area contributed by atoms with Crippen molar-refractivity contribution in [3.8, 4) is 45.3 Å². The average Bonchev–Trinajstić information content (AvgIpc) is 1.57. The van der Waals surface area contributed by atoms with Crippen molar-refractivity contribution in [1.29, 1.82) is 0 Å². The van der Waals surface area contributed by atoms with Gasteiger partial charge in [-0.3, -0.25) is 0 Å². The van der Waals surface area contributed by atoms with Gasteiger partial charge in [0.2, 0.25) is 5.76 Å². The molecule has 5 aliphatic heterocycles. The Morgan fingerprint density at radius 3 is 1.12 bits per heavy atom. The lowest BCUT2D eigenvalue weighted by molar-refractivity contribution is -0.484. The number of rotatable bonds is 38. The molecule has 0 aromatic heterocycles. The van der Waals surface area contributed by atoms with Crippen LogP contribution in [-0.4, -0.2) is 58.2 Å². The molecule has 10 aromatic carbocycles. The molecule has 0 radical (unpaired) electrons. The van der Waals surface area contributed by atoms with E-state index in [1.54, 1.807) is 11.1 Å². The summed E-state index contributed by atoms with van der Waals surface area (Å²) in [7, 11) is -0.480. The minimum atomic E-state index is -0.240. The molecule has 128 heavy (non-hydrogen) atoms. The van der Waals surface area contributed by atoms with Gasteiger partial charge in [-0.15, -0.1) is 0 Å². The molecule has 0 bridgehead atoms. The zero-order valence-electron chi connectivity index (χ0n) is 73.6. The predicted octanol–water partition coefficient (Wildman–Crippen LogP) is 33.6. The van der Waals surface area contributed by atoms with E-state index in [-0.39, 0.29) is 47.3 Å². The van der Waals surface area contributed by atoms with E-state index in [1.165, 1.54) is 228 Å². The van der Waals surface area contributed by atoms with E-state index in [1.807, 2.05) is 103 Å². The molecule has 2 aliphatic carbocycles. The van der Waals surface area contributed by atoms with E-state index in [9.17, 15) is 0 Å². The molecule has 0 saturated carbocycles. The molecule has 0 spiro atoms. The minimum Gasteiger partial charge on any atom is -0.489 e. The summed E-state index contributed by atoms with van der Waals surface area (Å²) in [6.07, 6.45) is 43.3. The van der Waals surface area contributed by atoms with Gasteiger partial charge >= 0.3 is 14.2 Å². The van der Waals surface area contributed by atoms with Gasteiger partial charge in [-0.1, -0.05) is 390 Å². The lowest BCUT2D eigenvalue weighted by atomic mass is 9.67. The summed E-state index contributed by atoms with van der Waals surface area (Å²) in [5.74, 6) is 3.98. The fraction of sp³-hybridized carbons (Fsp3) is 0.409. The first-order chi connectivity index (χ1) is 61.1. The molecule has 18 heteroatoms. The zero-order chi connectivity index (χ0) is 86.9.